The Labute approximate surface area is 130 Å². The molecule has 0 radical (unpaired) electrons. The maximum atomic E-state index is 12.8. The molecule has 21 heavy (non-hydrogen) atoms. The van der Waals surface area contributed by atoms with Gasteiger partial charge < -0.3 is 15.6 Å². The van der Waals surface area contributed by atoms with Crippen LogP contribution in [-0.4, -0.2) is 34.9 Å². The van der Waals surface area contributed by atoms with Gasteiger partial charge in [-0.25, -0.2) is 0 Å². The number of likely N-dealkylation sites (tertiary alicyclic amines) is 1. The molecule has 3 atom stereocenters. The average molecular weight is 306 g/mol. The maximum Gasteiger partial charge on any atom is 0.256 e. The number of aromatic nitrogens is 1. The van der Waals surface area contributed by atoms with Gasteiger partial charge in [-0.2, -0.15) is 0 Å². The lowest BCUT2D eigenvalue weighted by Gasteiger charge is -2.19. The first-order chi connectivity index (χ1) is 9.74. The molecule has 1 saturated carbocycles. The van der Waals surface area contributed by atoms with E-state index in [0.717, 1.165) is 36.0 Å². The Hall–Kier alpha value is -1.52. The van der Waals surface area contributed by atoms with E-state index in [1.165, 1.54) is 6.42 Å². The molecule has 0 spiro atoms. The molecular weight excluding hydrogens is 286 g/mol. The molecule has 2 heterocycles. The minimum atomic E-state index is 0. The lowest BCUT2D eigenvalue weighted by Crippen LogP contribution is -2.33. The highest BCUT2D eigenvalue weighted by Crippen LogP contribution is 2.37. The van der Waals surface area contributed by atoms with Gasteiger partial charge in [-0.3, -0.25) is 4.79 Å². The van der Waals surface area contributed by atoms with Crippen LogP contribution in [0.1, 0.15) is 23.2 Å². The number of nitrogens with two attached hydrogens (primary N) is 1. The summed E-state index contributed by atoms with van der Waals surface area (Å²) in [6.45, 7) is 1.69. The molecule has 0 bridgehead atoms. The third-order valence-corrected chi connectivity index (χ3v) is 5.02. The first-order valence-corrected chi connectivity index (χ1v) is 7.35. The Kier molecular flexibility index (Phi) is 3.68. The molecule has 5 heteroatoms. The van der Waals surface area contributed by atoms with E-state index in [4.69, 9.17) is 5.73 Å². The van der Waals surface area contributed by atoms with E-state index in [2.05, 4.69) is 4.98 Å². The van der Waals surface area contributed by atoms with Crippen LogP contribution in [0.2, 0.25) is 0 Å². The summed E-state index contributed by atoms with van der Waals surface area (Å²) in [6.07, 6.45) is 4.17. The quantitative estimate of drug-likeness (QED) is 0.850. The van der Waals surface area contributed by atoms with Crippen molar-refractivity contribution in [3.63, 3.8) is 0 Å². The number of nitrogens with zero attached hydrogens (tertiary/aromatic N) is 1. The molecule has 1 aromatic carbocycles. The highest BCUT2D eigenvalue weighted by Gasteiger charge is 2.42. The minimum absolute atomic E-state index is 0. The molecule has 1 amide bonds. The normalized spacial score (nSPS) is 27.7. The van der Waals surface area contributed by atoms with E-state index < -0.39 is 0 Å². The van der Waals surface area contributed by atoms with Crippen LogP contribution in [0.5, 0.6) is 0 Å². The van der Waals surface area contributed by atoms with E-state index in [1.807, 2.05) is 35.4 Å². The zero-order chi connectivity index (χ0) is 13.7. The molecule has 3 unspecified atom stereocenters. The van der Waals surface area contributed by atoms with E-state index >= 15 is 0 Å². The van der Waals surface area contributed by atoms with Crippen molar-refractivity contribution in [2.24, 2.45) is 17.6 Å². The fraction of sp³-hybridized carbons (Fsp3) is 0.438. The van der Waals surface area contributed by atoms with Gasteiger partial charge in [0, 0.05) is 30.7 Å². The minimum Gasteiger partial charge on any atom is -0.361 e. The van der Waals surface area contributed by atoms with Crippen molar-refractivity contribution in [1.29, 1.82) is 0 Å². The lowest BCUT2D eigenvalue weighted by atomic mass is 9.98. The van der Waals surface area contributed by atoms with Gasteiger partial charge in [0.25, 0.3) is 5.91 Å². The van der Waals surface area contributed by atoms with E-state index in [9.17, 15) is 4.79 Å². The van der Waals surface area contributed by atoms with Gasteiger partial charge in [-0.1, -0.05) is 12.1 Å². The molecule has 4 rings (SSSR count). The average Bonchev–Trinajstić information content (AvgIpc) is 3.14. The zero-order valence-electron chi connectivity index (χ0n) is 11.8. The van der Waals surface area contributed by atoms with Gasteiger partial charge in [-0.05, 0) is 36.8 Å². The fourth-order valence-electron chi connectivity index (χ4n) is 3.91. The highest BCUT2D eigenvalue weighted by atomic mass is 35.5. The number of fused-ring (bicyclic) bond motifs is 2. The number of carbonyl (C=O) groups excluding carboxylic acids is 1. The molecule has 4 nitrogen and oxygen atoms in total. The smallest absolute Gasteiger partial charge is 0.256 e. The van der Waals surface area contributed by atoms with Gasteiger partial charge in [0.05, 0.1) is 11.1 Å². The Morgan fingerprint density at radius 2 is 2.10 bits per heavy atom. The van der Waals surface area contributed by atoms with Crippen molar-refractivity contribution in [1.82, 2.24) is 9.88 Å². The van der Waals surface area contributed by atoms with Crippen molar-refractivity contribution in [3.8, 4) is 0 Å². The summed E-state index contributed by atoms with van der Waals surface area (Å²) in [5.74, 6) is 1.25. The number of carbonyl (C=O) groups is 1. The van der Waals surface area contributed by atoms with Crippen molar-refractivity contribution in [2.45, 2.75) is 18.9 Å². The SMILES string of the molecule is Cl.NC1CCC2CN(C(=O)c3cccc4cc[nH]c34)CC12. The number of H-pyrrole nitrogens is 1. The van der Waals surface area contributed by atoms with Gasteiger partial charge in [0.1, 0.15) is 0 Å². The zero-order valence-corrected chi connectivity index (χ0v) is 12.6. The van der Waals surface area contributed by atoms with Gasteiger partial charge >= 0.3 is 0 Å². The number of halogens is 1. The lowest BCUT2D eigenvalue weighted by molar-refractivity contribution is 0.0781. The number of aromatic amines is 1. The predicted octanol–water partition coefficient (Wildman–Crippen LogP) is 2.40. The summed E-state index contributed by atoms with van der Waals surface area (Å²) in [7, 11) is 0. The standard InChI is InChI=1S/C16H19N3O.ClH/c17-14-5-4-11-8-19(9-13(11)14)16(20)12-3-1-2-10-6-7-18-15(10)12;/h1-3,6-7,11,13-14,18H,4-5,8-9,17H2;1H. The summed E-state index contributed by atoms with van der Waals surface area (Å²) < 4.78 is 0. The number of hydrogen-bond acceptors (Lipinski definition) is 2. The first kappa shape index (κ1) is 14.4. The molecule has 1 aliphatic carbocycles. The van der Waals surface area contributed by atoms with Crippen LogP contribution in [0.4, 0.5) is 0 Å². The molecule has 2 aromatic rings. The van der Waals surface area contributed by atoms with Crippen molar-refractivity contribution < 1.29 is 4.79 Å². The van der Waals surface area contributed by atoms with Gasteiger partial charge in [-0.15, -0.1) is 12.4 Å². The summed E-state index contributed by atoms with van der Waals surface area (Å²) in [6, 6.07) is 8.17. The summed E-state index contributed by atoms with van der Waals surface area (Å²) in [4.78, 5) is 17.9. The third-order valence-electron chi connectivity index (χ3n) is 5.02. The molecular formula is C16H20ClN3O. The maximum absolute atomic E-state index is 12.8. The second kappa shape index (κ2) is 5.35. The first-order valence-electron chi connectivity index (χ1n) is 7.35. The number of para-hydroxylation sites is 1. The number of nitrogens with one attached hydrogen (secondary N) is 1. The van der Waals surface area contributed by atoms with Crippen LogP contribution >= 0.6 is 12.4 Å². The van der Waals surface area contributed by atoms with Crippen LogP contribution < -0.4 is 5.73 Å². The van der Waals surface area contributed by atoms with Crippen molar-refractivity contribution in [3.05, 3.63) is 36.0 Å². The molecule has 112 valence electrons. The molecule has 2 fully saturated rings. The van der Waals surface area contributed by atoms with Gasteiger partial charge in [0.15, 0.2) is 0 Å². The topological polar surface area (TPSA) is 62.1 Å². The van der Waals surface area contributed by atoms with Crippen molar-refractivity contribution in [2.75, 3.05) is 13.1 Å². The number of benzene rings is 1. The number of rotatable bonds is 1. The molecule has 1 saturated heterocycles. The summed E-state index contributed by atoms with van der Waals surface area (Å²) >= 11 is 0. The van der Waals surface area contributed by atoms with E-state index in [1.54, 1.807) is 0 Å². The third kappa shape index (κ3) is 2.23. The van der Waals surface area contributed by atoms with Crippen LogP contribution in [0.25, 0.3) is 10.9 Å². The molecule has 3 N–H and O–H groups in total. The Morgan fingerprint density at radius 1 is 1.24 bits per heavy atom. The second-order valence-electron chi connectivity index (χ2n) is 6.12. The Morgan fingerprint density at radius 3 is 2.90 bits per heavy atom. The molecule has 1 aromatic heterocycles. The predicted molar refractivity (Wildman–Crippen MR) is 85.6 cm³/mol. The van der Waals surface area contributed by atoms with Crippen LogP contribution in [0, 0.1) is 11.8 Å². The number of hydrogen-bond donors (Lipinski definition) is 2. The van der Waals surface area contributed by atoms with E-state index in [-0.39, 0.29) is 24.4 Å². The van der Waals surface area contributed by atoms with Crippen LogP contribution in [0.3, 0.4) is 0 Å². The Balaban J connectivity index is 0.00000132. The fourth-order valence-corrected chi connectivity index (χ4v) is 3.91. The van der Waals surface area contributed by atoms with Gasteiger partial charge in [0.2, 0.25) is 0 Å². The summed E-state index contributed by atoms with van der Waals surface area (Å²) in [5.41, 5.74) is 7.87. The van der Waals surface area contributed by atoms with Crippen LogP contribution in [0.15, 0.2) is 30.5 Å². The monoisotopic (exact) mass is 305 g/mol. The second-order valence-corrected chi connectivity index (χ2v) is 6.12. The molecule has 1 aliphatic heterocycles. The largest absolute Gasteiger partial charge is 0.361 e. The Bertz CT molecular complexity index is 668. The number of amides is 1. The summed E-state index contributed by atoms with van der Waals surface area (Å²) in [5, 5.41) is 1.09. The van der Waals surface area contributed by atoms with Crippen LogP contribution in [-0.2, 0) is 0 Å². The van der Waals surface area contributed by atoms with E-state index in [0.29, 0.717) is 11.8 Å². The van der Waals surface area contributed by atoms with Crippen molar-refractivity contribution >= 4 is 29.2 Å². The molecule has 2 aliphatic rings. The highest BCUT2D eigenvalue weighted by molar-refractivity contribution is 6.05.